The van der Waals surface area contributed by atoms with Crippen LogP contribution < -0.4 is 0 Å². The van der Waals surface area contributed by atoms with Crippen LogP contribution in [0.5, 0.6) is 0 Å². The van der Waals surface area contributed by atoms with E-state index in [-0.39, 0.29) is 11.8 Å². The first-order valence-corrected chi connectivity index (χ1v) is 30.8. The number of hydrogen-bond donors (Lipinski definition) is 0. The lowest BCUT2D eigenvalue weighted by Crippen LogP contribution is -2.22. The van der Waals surface area contributed by atoms with Gasteiger partial charge in [-0.25, -0.2) is 0 Å². The van der Waals surface area contributed by atoms with Gasteiger partial charge in [0, 0.05) is 47.2 Å². The number of allylic oxidation sites excluding steroid dienone is 5. The summed E-state index contributed by atoms with van der Waals surface area (Å²) >= 11 is 3.83. The van der Waals surface area contributed by atoms with Crippen LogP contribution in [0.25, 0.3) is 135 Å². The summed E-state index contributed by atoms with van der Waals surface area (Å²) < 4.78 is 2.64. The Balaban J connectivity index is 0.670. The van der Waals surface area contributed by atoms with Crippen molar-refractivity contribution < 1.29 is 0 Å². The quantitative estimate of drug-likeness (QED) is 0.150. The summed E-state index contributed by atoms with van der Waals surface area (Å²) in [6.07, 6.45) is 9.23. The van der Waals surface area contributed by atoms with Gasteiger partial charge in [-0.15, -0.1) is 11.3 Å². The highest BCUT2D eigenvalue weighted by molar-refractivity contribution is 7.99. The molecule has 2 atom stereocenters. The Hall–Kier alpha value is -9.83. The predicted molar refractivity (Wildman–Crippen MR) is 361 cm³/mol. The fourth-order valence-corrected chi connectivity index (χ4v) is 17.0. The van der Waals surface area contributed by atoms with Gasteiger partial charge in [0.25, 0.3) is 0 Å². The second-order valence-electron chi connectivity index (χ2n) is 22.9. The van der Waals surface area contributed by atoms with Gasteiger partial charge in [0.1, 0.15) is 0 Å². The zero-order valence-corrected chi connectivity index (χ0v) is 47.3. The van der Waals surface area contributed by atoms with Crippen molar-refractivity contribution in [1.29, 1.82) is 0 Å². The second-order valence-corrected chi connectivity index (χ2v) is 25.1. The zero-order chi connectivity index (χ0) is 55.0. The molecule has 84 heavy (non-hydrogen) atoms. The summed E-state index contributed by atoms with van der Waals surface area (Å²) in [5.41, 5.74) is 20.6. The van der Waals surface area contributed by atoms with E-state index in [4.69, 9.17) is 0 Å². The number of hydrogen-bond acceptors (Lipinski definition) is 2. The Morgan fingerprint density at radius 2 is 0.893 bits per heavy atom. The lowest BCUT2D eigenvalue weighted by Gasteiger charge is -2.37. The Morgan fingerprint density at radius 1 is 0.310 bits per heavy atom. The molecular weight excluding hydrogens is 1050 g/mol. The third kappa shape index (κ3) is 7.41. The molecule has 0 saturated carbocycles. The van der Waals surface area contributed by atoms with Crippen molar-refractivity contribution in [2.75, 3.05) is 0 Å². The summed E-state index contributed by atoms with van der Waals surface area (Å²) in [6, 6.07) is 101. The molecule has 0 radical (unpaired) electrons. The smallest absolute Gasteiger partial charge is 0.0368 e. The molecule has 1 aliphatic heterocycles. The summed E-state index contributed by atoms with van der Waals surface area (Å²) in [7, 11) is 0. The monoisotopic (exact) mass is 1100 g/mol. The first-order chi connectivity index (χ1) is 41.6. The number of thiophene rings is 1. The zero-order valence-electron chi connectivity index (χ0n) is 45.7. The molecule has 3 aliphatic rings. The van der Waals surface area contributed by atoms with Crippen molar-refractivity contribution in [2.24, 2.45) is 5.92 Å². The first-order valence-electron chi connectivity index (χ1n) is 29.2. The lowest BCUT2D eigenvalue weighted by molar-refractivity contribution is 0.649. The second kappa shape index (κ2) is 18.9. The van der Waals surface area contributed by atoms with Crippen molar-refractivity contribution in [3.8, 4) is 55.6 Å². The van der Waals surface area contributed by atoms with Crippen LogP contribution in [-0.4, -0.2) is 0 Å². The third-order valence-corrected chi connectivity index (χ3v) is 20.7. The van der Waals surface area contributed by atoms with Gasteiger partial charge >= 0.3 is 0 Å². The van der Waals surface area contributed by atoms with E-state index in [0.717, 1.165) is 0 Å². The molecule has 2 aliphatic carbocycles. The van der Waals surface area contributed by atoms with Gasteiger partial charge in [0.2, 0.25) is 0 Å². The molecule has 2 heteroatoms. The van der Waals surface area contributed by atoms with E-state index in [2.05, 4.69) is 291 Å². The normalized spacial score (nSPS) is 15.2. The highest BCUT2D eigenvalue weighted by atomic mass is 32.2. The standard InChI is InChI=1S/C82H50S2/c1-3-16-55-44-59(38-32-49(55)14-1)79-66-22-9-5-18-62(66)77(63-19-6-10-23-67(63)79)53-34-28-51(29-35-53)57-40-42-61-72-48-76-81(71-26-13-27-73(82(71)72)83-74(61)46-57)70-43-41-58(47-75(70)84-76)52-30-36-54(37-31-52)78-64-20-7-11-24-68(64)80(69-25-12-8-21-65(69)78)60-39-33-50-15-2-4-17-56(50)45-60/h1-48,68,80H. The minimum atomic E-state index is 0.232. The summed E-state index contributed by atoms with van der Waals surface area (Å²) in [6.45, 7) is 0. The third-order valence-electron chi connectivity index (χ3n) is 18.4. The predicted octanol–water partition coefficient (Wildman–Crippen LogP) is 23.3. The SMILES string of the molecule is C1=CC2=C(c3ccc(-c4ccc5c(c4)sc4cc6c7c(cccc7c45)Sc4cc(-c5ccc(-c7c8ccccc8c(-c8ccc9ccccc9c8)c8ccccc78)cc5)ccc4-6)cc3)c3ccccc3C(c3ccc4ccccc4c3)C2C=C1. The van der Waals surface area contributed by atoms with E-state index in [1.54, 1.807) is 0 Å². The molecule has 2 unspecified atom stereocenters. The van der Waals surface area contributed by atoms with Crippen LogP contribution >= 0.6 is 23.1 Å². The van der Waals surface area contributed by atoms with Crippen LogP contribution in [0.4, 0.5) is 0 Å². The highest BCUT2D eigenvalue weighted by Crippen LogP contribution is 2.55. The van der Waals surface area contributed by atoms with Crippen LogP contribution in [0, 0.1) is 5.92 Å². The van der Waals surface area contributed by atoms with Crippen molar-refractivity contribution >= 4 is 103 Å². The molecular formula is C82H50S2. The van der Waals surface area contributed by atoms with Crippen LogP contribution in [0.3, 0.4) is 0 Å². The van der Waals surface area contributed by atoms with E-state index in [1.165, 1.54) is 173 Å². The average Bonchev–Trinajstić information content (AvgIpc) is 1.81. The first kappa shape index (κ1) is 47.8. The minimum Gasteiger partial charge on any atom is -0.135 e. The Kier molecular flexibility index (Phi) is 10.7. The molecule has 14 aromatic carbocycles. The molecule has 0 amide bonds. The van der Waals surface area contributed by atoms with Crippen LogP contribution in [0.2, 0.25) is 0 Å². The maximum atomic E-state index is 2.48. The van der Waals surface area contributed by atoms with Crippen LogP contribution in [0.1, 0.15) is 28.2 Å². The van der Waals surface area contributed by atoms with Gasteiger partial charge < -0.3 is 0 Å². The number of benzene rings is 14. The molecule has 0 fully saturated rings. The van der Waals surface area contributed by atoms with Crippen molar-refractivity contribution in [1.82, 2.24) is 0 Å². The minimum absolute atomic E-state index is 0.232. The molecule has 1 aromatic heterocycles. The Morgan fingerprint density at radius 3 is 1.64 bits per heavy atom. The van der Waals surface area contributed by atoms with Gasteiger partial charge in [-0.1, -0.05) is 273 Å². The lowest BCUT2D eigenvalue weighted by atomic mass is 9.66. The molecule has 0 bridgehead atoms. The summed E-state index contributed by atoms with van der Waals surface area (Å²) in [4.78, 5) is 2.62. The van der Waals surface area contributed by atoms with E-state index in [1.807, 2.05) is 23.1 Å². The molecule has 0 saturated heterocycles. The van der Waals surface area contributed by atoms with E-state index in [0.29, 0.717) is 0 Å². The molecule has 0 N–H and O–H groups in total. The highest BCUT2D eigenvalue weighted by Gasteiger charge is 2.35. The fraction of sp³-hybridized carbons (Fsp3) is 0.0244. The molecule has 0 nitrogen and oxygen atoms in total. The van der Waals surface area contributed by atoms with Crippen LogP contribution in [-0.2, 0) is 0 Å². The maximum Gasteiger partial charge on any atom is 0.0368 e. The Labute approximate surface area is 495 Å². The van der Waals surface area contributed by atoms with Crippen molar-refractivity contribution in [2.45, 2.75) is 15.7 Å². The van der Waals surface area contributed by atoms with Gasteiger partial charge in [-0.2, -0.15) is 0 Å². The van der Waals surface area contributed by atoms with E-state index >= 15 is 0 Å². The summed E-state index contributed by atoms with van der Waals surface area (Å²) in [5, 5.41) is 15.5. The molecule has 18 rings (SSSR count). The van der Waals surface area contributed by atoms with Gasteiger partial charge in [0.15, 0.2) is 0 Å². The van der Waals surface area contributed by atoms with Gasteiger partial charge in [-0.3, -0.25) is 0 Å². The largest absolute Gasteiger partial charge is 0.135 e. The molecule has 15 aromatic rings. The van der Waals surface area contributed by atoms with Crippen molar-refractivity contribution in [3.05, 3.63) is 319 Å². The number of rotatable bonds is 6. The van der Waals surface area contributed by atoms with E-state index < -0.39 is 0 Å². The van der Waals surface area contributed by atoms with Gasteiger partial charge in [-0.05, 0) is 168 Å². The Bertz CT molecular complexity index is 5340. The fourth-order valence-electron chi connectivity index (χ4n) is 14.6. The molecule has 390 valence electrons. The van der Waals surface area contributed by atoms with E-state index in [9.17, 15) is 0 Å². The average molecular weight is 1100 g/mol. The maximum absolute atomic E-state index is 2.48. The van der Waals surface area contributed by atoms with Crippen molar-refractivity contribution in [3.63, 3.8) is 0 Å². The molecule has 2 heterocycles. The summed E-state index contributed by atoms with van der Waals surface area (Å²) in [5.74, 6) is 0.471. The van der Waals surface area contributed by atoms with Crippen LogP contribution in [0.15, 0.2) is 307 Å². The topological polar surface area (TPSA) is 0 Å². The van der Waals surface area contributed by atoms with Gasteiger partial charge in [0.05, 0.1) is 0 Å². The molecule has 0 spiro atoms. The number of fused-ring (bicyclic) bond motifs is 12.